The minimum Gasteiger partial charge on any atom is -0.369 e. The van der Waals surface area contributed by atoms with E-state index < -0.39 is 0 Å². The fraction of sp³-hybridized carbons (Fsp3) is 0.417. The first kappa shape index (κ1) is 10.9. The maximum atomic E-state index is 13.0. The minimum absolute atomic E-state index is 0.0204. The number of guanidine groups is 1. The molecule has 2 aliphatic heterocycles. The summed E-state index contributed by atoms with van der Waals surface area (Å²) in [6.45, 7) is 0.753. The molecule has 3 rings (SSSR count). The van der Waals surface area contributed by atoms with Crippen molar-refractivity contribution in [3.05, 3.63) is 30.1 Å². The topological polar surface area (TPSA) is 41.6 Å². The molecular formula is C12H14FN3S. The van der Waals surface area contributed by atoms with Crippen molar-refractivity contribution in [2.24, 2.45) is 10.7 Å². The Kier molecular flexibility index (Phi) is 2.50. The van der Waals surface area contributed by atoms with Crippen molar-refractivity contribution in [3.63, 3.8) is 0 Å². The van der Waals surface area contributed by atoms with Gasteiger partial charge in [0.25, 0.3) is 0 Å². The normalized spacial score (nSPS) is 27.8. The Morgan fingerprint density at radius 1 is 1.35 bits per heavy atom. The number of thioether (sulfide) groups is 1. The second-order valence-corrected chi connectivity index (χ2v) is 5.62. The first-order valence-electron chi connectivity index (χ1n) is 5.65. The van der Waals surface area contributed by atoms with Crippen molar-refractivity contribution < 1.29 is 4.39 Å². The van der Waals surface area contributed by atoms with Crippen LogP contribution >= 0.6 is 11.8 Å². The van der Waals surface area contributed by atoms with Gasteiger partial charge in [-0.2, -0.15) is 11.8 Å². The van der Waals surface area contributed by atoms with Gasteiger partial charge in [0.2, 0.25) is 0 Å². The second-order valence-electron chi connectivity index (χ2n) is 4.51. The van der Waals surface area contributed by atoms with Crippen LogP contribution in [0.3, 0.4) is 0 Å². The number of anilines is 1. The first-order chi connectivity index (χ1) is 8.21. The monoisotopic (exact) mass is 251 g/mol. The van der Waals surface area contributed by atoms with Gasteiger partial charge < -0.3 is 10.6 Å². The summed E-state index contributed by atoms with van der Waals surface area (Å²) in [6, 6.07) is 6.48. The van der Waals surface area contributed by atoms with Gasteiger partial charge in [0, 0.05) is 11.4 Å². The molecule has 0 radical (unpaired) electrons. The van der Waals surface area contributed by atoms with Gasteiger partial charge in [-0.05, 0) is 36.4 Å². The van der Waals surface area contributed by atoms with Crippen molar-refractivity contribution in [3.8, 4) is 0 Å². The Labute approximate surface area is 104 Å². The molecule has 1 spiro atoms. The van der Waals surface area contributed by atoms with E-state index in [1.165, 1.54) is 12.1 Å². The SMILES string of the molecule is NC1=NCC2(CCSC2)N1c1ccc(F)cc1. The number of nitrogens with two attached hydrogens (primary N) is 1. The summed E-state index contributed by atoms with van der Waals surface area (Å²) in [5.74, 6) is 2.51. The van der Waals surface area contributed by atoms with Crippen LogP contribution in [0.4, 0.5) is 10.1 Å². The molecule has 1 atom stereocenters. The Morgan fingerprint density at radius 2 is 2.12 bits per heavy atom. The zero-order chi connectivity index (χ0) is 11.9. The highest BCUT2D eigenvalue weighted by atomic mass is 32.2. The predicted molar refractivity (Wildman–Crippen MR) is 70.0 cm³/mol. The van der Waals surface area contributed by atoms with E-state index in [2.05, 4.69) is 9.89 Å². The molecule has 90 valence electrons. The third kappa shape index (κ3) is 1.69. The average molecular weight is 251 g/mol. The highest BCUT2D eigenvalue weighted by Crippen LogP contribution is 2.39. The highest BCUT2D eigenvalue weighted by molar-refractivity contribution is 7.99. The maximum Gasteiger partial charge on any atom is 0.196 e. The fourth-order valence-corrected chi connectivity index (χ4v) is 3.92. The van der Waals surface area contributed by atoms with Crippen molar-refractivity contribution in [1.82, 2.24) is 0 Å². The van der Waals surface area contributed by atoms with Crippen LogP contribution in [-0.2, 0) is 0 Å². The van der Waals surface area contributed by atoms with Crippen LogP contribution in [0.5, 0.6) is 0 Å². The standard InChI is InChI=1S/C12H14FN3S/c13-9-1-3-10(4-2-9)16-11(14)15-7-12(16)5-6-17-8-12/h1-4H,5-8H2,(H2,14,15). The molecule has 0 saturated carbocycles. The molecule has 17 heavy (non-hydrogen) atoms. The van der Waals surface area contributed by atoms with Gasteiger partial charge in [-0.15, -0.1) is 0 Å². The van der Waals surface area contributed by atoms with Crippen LogP contribution in [0.25, 0.3) is 0 Å². The minimum atomic E-state index is -0.224. The van der Waals surface area contributed by atoms with Gasteiger partial charge in [0.1, 0.15) is 5.82 Å². The lowest BCUT2D eigenvalue weighted by atomic mass is 9.97. The number of aliphatic imine (C=N–C) groups is 1. The molecule has 0 aliphatic carbocycles. The number of halogens is 1. The van der Waals surface area contributed by atoms with Crippen molar-refractivity contribution in [1.29, 1.82) is 0 Å². The summed E-state index contributed by atoms with van der Waals surface area (Å²) < 4.78 is 13.0. The van der Waals surface area contributed by atoms with Gasteiger partial charge in [0.05, 0.1) is 12.1 Å². The molecule has 2 N–H and O–H groups in total. The van der Waals surface area contributed by atoms with E-state index in [1.807, 2.05) is 11.8 Å². The molecule has 1 fully saturated rings. The summed E-state index contributed by atoms with van der Waals surface area (Å²) >= 11 is 1.93. The summed E-state index contributed by atoms with van der Waals surface area (Å²) in [4.78, 5) is 6.44. The largest absolute Gasteiger partial charge is 0.369 e. The number of rotatable bonds is 1. The van der Waals surface area contributed by atoms with Crippen LogP contribution < -0.4 is 10.6 Å². The second kappa shape index (κ2) is 3.91. The lowest BCUT2D eigenvalue weighted by molar-refractivity contribution is 0.515. The lowest BCUT2D eigenvalue weighted by Crippen LogP contribution is -2.52. The molecule has 5 heteroatoms. The van der Waals surface area contributed by atoms with Crippen molar-refractivity contribution in [2.45, 2.75) is 12.0 Å². The van der Waals surface area contributed by atoms with E-state index in [9.17, 15) is 4.39 Å². The van der Waals surface area contributed by atoms with E-state index in [-0.39, 0.29) is 11.4 Å². The fourth-order valence-electron chi connectivity index (χ4n) is 2.51. The smallest absolute Gasteiger partial charge is 0.196 e. The van der Waals surface area contributed by atoms with E-state index in [1.54, 1.807) is 12.1 Å². The number of benzene rings is 1. The highest BCUT2D eigenvalue weighted by Gasteiger charge is 2.45. The van der Waals surface area contributed by atoms with Crippen LogP contribution in [0.15, 0.2) is 29.3 Å². The summed E-state index contributed by atoms with van der Waals surface area (Å²) in [5, 5.41) is 0. The summed E-state index contributed by atoms with van der Waals surface area (Å²) in [6.07, 6.45) is 1.08. The van der Waals surface area contributed by atoms with Crippen LogP contribution in [0, 0.1) is 5.82 Å². The molecule has 1 saturated heterocycles. The van der Waals surface area contributed by atoms with Gasteiger partial charge in [-0.1, -0.05) is 0 Å². The molecular weight excluding hydrogens is 237 g/mol. The van der Waals surface area contributed by atoms with Crippen LogP contribution in [0.2, 0.25) is 0 Å². The molecule has 1 aromatic carbocycles. The van der Waals surface area contributed by atoms with Crippen LogP contribution in [0.1, 0.15) is 6.42 Å². The average Bonchev–Trinajstić information content (AvgIpc) is 2.91. The Bertz CT molecular complexity index is 451. The molecule has 0 amide bonds. The summed E-state index contributed by atoms with van der Waals surface area (Å²) in [7, 11) is 0. The molecule has 0 bridgehead atoms. The van der Waals surface area contributed by atoms with Gasteiger partial charge >= 0.3 is 0 Å². The number of hydrogen-bond donors (Lipinski definition) is 1. The van der Waals surface area contributed by atoms with Crippen LogP contribution in [-0.4, -0.2) is 29.5 Å². The van der Waals surface area contributed by atoms with E-state index in [4.69, 9.17) is 5.73 Å². The number of nitrogens with zero attached hydrogens (tertiary/aromatic N) is 2. The molecule has 2 aliphatic rings. The van der Waals surface area contributed by atoms with E-state index >= 15 is 0 Å². The predicted octanol–water partition coefficient (Wildman–Crippen LogP) is 1.84. The molecule has 2 heterocycles. The third-order valence-corrected chi connectivity index (χ3v) is 4.64. The molecule has 1 unspecified atom stereocenters. The van der Waals surface area contributed by atoms with E-state index in [0.717, 1.165) is 30.2 Å². The first-order valence-corrected chi connectivity index (χ1v) is 6.80. The van der Waals surface area contributed by atoms with Crippen molar-refractivity contribution in [2.75, 3.05) is 23.0 Å². The lowest BCUT2D eigenvalue weighted by Gasteiger charge is -2.35. The zero-order valence-electron chi connectivity index (χ0n) is 9.40. The van der Waals surface area contributed by atoms with Crippen molar-refractivity contribution >= 4 is 23.4 Å². The van der Waals surface area contributed by atoms with Gasteiger partial charge in [-0.3, -0.25) is 4.99 Å². The van der Waals surface area contributed by atoms with Gasteiger partial charge in [-0.25, -0.2) is 4.39 Å². The Balaban J connectivity index is 1.98. The summed E-state index contributed by atoms with van der Waals surface area (Å²) in [5.41, 5.74) is 6.93. The maximum absolute atomic E-state index is 13.0. The third-order valence-electron chi connectivity index (χ3n) is 3.41. The van der Waals surface area contributed by atoms with Gasteiger partial charge in [0.15, 0.2) is 5.96 Å². The molecule has 0 aromatic heterocycles. The number of hydrogen-bond acceptors (Lipinski definition) is 4. The zero-order valence-corrected chi connectivity index (χ0v) is 10.2. The molecule has 1 aromatic rings. The van der Waals surface area contributed by atoms with E-state index in [0.29, 0.717) is 5.96 Å². The quantitative estimate of drug-likeness (QED) is 0.828. The Morgan fingerprint density at radius 3 is 2.76 bits per heavy atom. The Hall–Kier alpha value is -1.23. The molecule has 3 nitrogen and oxygen atoms in total.